The van der Waals surface area contributed by atoms with Gasteiger partial charge in [0.05, 0.1) is 6.10 Å². The molecular formula is C11H22O. The molecule has 0 aromatic carbocycles. The summed E-state index contributed by atoms with van der Waals surface area (Å²) in [6.07, 6.45) is 1.89. The molecule has 0 unspecified atom stereocenters. The Bertz CT molecular complexity index is 156. The lowest BCUT2D eigenvalue weighted by Gasteiger charge is -2.31. The van der Waals surface area contributed by atoms with Gasteiger partial charge in [-0.2, -0.15) is 0 Å². The van der Waals surface area contributed by atoms with E-state index in [0.717, 1.165) is 0 Å². The minimum Gasteiger partial charge on any atom is -0.393 e. The van der Waals surface area contributed by atoms with Gasteiger partial charge in [0, 0.05) is 5.92 Å². The molecule has 0 heterocycles. The smallest absolute Gasteiger partial charge is 0.0579 e. The zero-order valence-electron chi connectivity index (χ0n) is 9.18. The highest BCUT2D eigenvalue weighted by molar-refractivity contribution is 5.02. The van der Waals surface area contributed by atoms with Crippen molar-refractivity contribution in [1.82, 2.24) is 0 Å². The van der Waals surface area contributed by atoms with Crippen molar-refractivity contribution in [3.8, 4) is 0 Å². The van der Waals surface area contributed by atoms with Crippen molar-refractivity contribution in [3.63, 3.8) is 0 Å². The van der Waals surface area contributed by atoms with Crippen molar-refractivity contribution in [2.75, 3.05) is 0 Å². The standard InChI is InChI=1S/C11H22O/c1-8(2)7-10(9(3)12)11(4,5)6/h7,9-10,12H,1-6H3/t9-,10-/m0/s1. The molecule has 0 amide bonds. The number of rotatable bonds is 2. The van der Waals surface area contributed by atoms with Crippen molar-refractivity contribution in [2.24, 2.45) is 11.3 Å². The van der Waals surface area contributed by atoms with E-state index < -0.39 is 0 Å². The summed E-state index contributed by atoms with van der Waals surface area (Å²) in [6, 6.07) is 0. The van der Waals surface area contributed by atoms with Crippen LogP contribution in [0.1, 0.15) is 41.5 Å². The van der Waals surface area contributed by atoms with Gasteiger partial charge in [0.15, 0.2) is 0 Å². The molecule has 0 saturated carbocycles. The highest BCUT2D eigenvalue weighted by Gasteiger charge is 2.26. The van der Waals surface area contributed by atoms with E-state index in [1.54, 1.807) is 0 Å². The van der Waals surface area contributed by atoms with E-state index in [4.69, 9.17) is 0 Å². The van der Waals surface area contributed by atoms with E-state index in [1.807, 2.05) is 6.92 Å². The third kappa shape index (κ3) is 3.91. The van der Waals surface area contributed by atoms with Crippen LogP contribution < -0.4 is 0 Å². The first kappa shape index (κ1) is 11.7. The first-order chi connectivity index (χ1) is 5.25. The van der Waals surface area contributed by atoms with E-state index >= 15 is 0 Å². The Morgan fingerprint density at radius 1 is 1.25 bits per heavy atom. The van der Waals surface area contributed by atoms with Gasteiger partial charge < -0.3 is 5.11 Å². The third-order valence-corrected chi connectivity index (χ3v) is 2.03. The molecule has 1 N–H and O–H groups in total. The molecule has 2 atom stereocenters. The van der Waals surface area contributed by atoms with Crippen LogP contribution in [0.4, 0.5) is 0 Å². The van der Waals surface area contributed by atoms with E-state index in [9.17, 15) is 5.11 Å². The average molecular weight is 170 g/mol. The lowest BCUT2D eigenvalue weighted by atomic mass is 9.77. The Labute approximate surface area is 76.5 Å². The molecule has 0 saturated heterocycles. The van der Waals surface area contributed by atoms with Gasteiger partial charge in [-0.25, -0.2) is 0 Å². The Balaban J connectivity index is 4.58. The highest BCUT2D eigenvalue weighted by atomic mass is 16.3. The second kappa shape index (κ2) is 4.08. The molecule has 0 aromatic rings. The van der Waals surface area contributed by atoms with Gasteiger partial charge in [0.25, 0.3) is 0 Å². The maximum atomic E-state index is 9.55. The SMILES string of the molecule is CC(C)=C[C@@H]([C@H](C)O)C(C)(C)C. The van der Waals surface area contributed by atoms with Crippen LogP contribution in [-0.2, 0) is 0 Å². The molecule has 0 aliphatic carbocycles. The maximum absolute atomic E-state index is 9.55. The summed E-state index contributed by atoms with van der Waals surface area (Å²) < 4.78 is 0. The van der Waals surface area contributed by atoms with Gasteiger partial charge in [-0.1, -0.05) is 32.4 Å². The van der Waals surface area contributed by atoms with Gasteiger partial charge in [-0.3, -0.25) is 0 Å². The molecule has 0 aliphatic rings. The number of aliphatic hydroxyl groups is 1. The predicted molar refractivity (Wildman–Crippen MR) is 54.1 cm³/mol. The molecule has 0 spiro atoms. The molecule has 1 heteroatoms. The number of allylic oxidation sites excluding steroid dienone is 1. The molecule has 1 nitrogen and oxygen atoms in total. The molecule has 0 radical (unpaired) electrons. The van der Waals surface area contributed by atoms with Crippen molar-refractivity contribution >= 4 is 0 Å². The fourth-order valence-electron chi connectivity index (χ4n) is 1.47. The number of hydrogen-bond donors (Lipinski definition) is 1. The fraction of sp³-hybridized carbons (Fsp3) is 0.818. The minimum absolute atomic E-state index is 0.144. The predicted octanol–water partition coefficient (Wildman–Crippen LogP) is 3.00. The molecule has 0 aliphatic heterocycles. The quantitative estimate of drug-likeness (QED) is 0.632. The minimum atomic E-state index is -0.264. The molecule has 0 aromatic heterocycles. The second-order valence-corrected chi connectivity index (χ2v) is 4.88. The number of hydrogen-bond acceptors (Lipinski definition) is 1. The van der Waals surface area contributed by atoms with Gasteiger partial charge in [-0.15, -0.1) is 0 Å². The second-order valence-electron chi connectivity index (χ2n) is 4.88. The first-order valence-corrected chi connectivity index (χ1v) is 4.58. The summed E-state index contributed by atoms with van der Waals surface area (Å²) in [5, 5.41) is 9.55. The fourth-order valence-corrected chi connectivity index (χ4v) is 1.47. The van der Waals surface area contributed by atoms with Crippen LogP contribution in [0, 0.1) is 11.3 Å². The average Bonchev–Trinajstić information content (AvgIpc) is 1.79. The van der Waals surface area contributed by atoms with Crippen LogP contribution in [0.3, 0.4) is 0 Å². The summed E-state index contributed by atoms with van der Waals surface area (Å²) in [4.78, 5) is 0. The Hall–Kier alpha value is -0.300. The summed E-state index contributed by atoms with van der Waals surface area (Å²) in [6.45, 7) is 12.5. The summed E-state index contributed by atoms with van der Waals surface area (Å²) in [7, 11) is 0. The maximum Gasteiger partial charge on any atom is 0.0579 e. The van der Waals surface area contributed by atoms with Gasteiger partial charge >= 0.3 is 0 Å². The molecular weight excluding hydrogens is 148 g/mol. The highest BCUT2D eigenvalue weighted by Crippen LogP contribution is 2.30. The molecule has 0 fully saturated rings. The van der Waals surface area contributed by atoms with Gasteiger partial charge in [0.1, 0.15) is 0 Å². The lowest BCUT2D eigenvalue weighted by molar-refractivity contribution is 0.0860. The summed E-state index contributed by atoms with van der Waals surface area (Å²) >= 11 is 0. The van der Waals surface area contributed by atoms with E-state index in [1.165, 1.54) is 5.57 Å². The van der Waals surface area contributed by atoms with Crippen LogP contribution in [-0.4, -0.2) is 11.2 Å². The third-order valence-electron chi connectivity index (χ3n) is 2.03. The Morgan fingerprint density at radius 3 is 1.75 bits per heavy atom. The number of aliphatic hydroxyl groups excluding tert-OH is 1. The van der Waals surface area contributed by atoms with Gasteiger partial charge in [0.2, 0.25) is 0 Å². The van der Waals surface area contributed by atoms with Crippen LogP contribution in [0.5, 0.6) is 0 Å². The van der Waals surface area contributed by atoms with E-state index in [0.29, 0.717) is 0 Å². The summed E-state index contributed by atoms with van der Waals surface area (Å²) in [5.41, 5.74) is 1.42. The normalized spacial score (nSPS) is 16.9. The summed E-state index contributed by atoms with van der Waals surface area (Å²) in [5.74, 6) is 0.252. The van der Waals surface area contributed by atoms with Crippen LogP contribution in [0.2, 0.25) is 0 Å². The van der Waals surface area contributed by atoms with Crippen molar-refractivity contribution in [2.45, 2.75) is 47.6 Å². The first-order valence-electron chi connectivity index (χ1n) is 4.58. The van der Waals surface area contributed by atoms with Crippen molar-refractivity contribution in [3.05, 3.63) is 11.6 Å². The van der Waals surface area contributed by atoms with E-state index in [2.05, 4.69) is 40.7 Å². The van der Waals surface area contributed by atoms with Gasteiger partial charge in [-0.05, 0) is 26.2 Å². The zero-order valence-corrected chi connectivity index (χ0v) is 9.18. The lowest BCUT2D eigenvalue weighted by Crippen LogP contribution is -2.28. The largest absolute Gasteiger partial charge is 0.393 e. The van der Waals surface area contributed by atoms with Crippen LogP contribution in [0.25, 0.3) is 0 Å². The van der Waals surface area contributed by atoms with E-state index in [-0.39, 0.29) is 17.4 Å². The van der Waals surface area contributed by atoms with Crippen LogP contribution >= 0.6 is 0 Å². The van der Waals surface area contributed by atoms with Crippen molar-refractivity contribution in [1.29, 1.82) is 0 Å². The molecule has 12 heavy (non-hydrogen) atoms. The van der Waals surface area contributed by atoms with Crippen molar-refractivity contribution < 1.29 is 5.11 Å². The topological polar surface area (TPSA) is 20.2 Å². The molecule has 0 rings (SSSR count). The zero-order chi connectivity index (χ0) is 9.94. The van der Waals surface area contributed by atoms with Crippen LogP contribution in [0.15, 0.2) is 11.6 Å². The molecule has 72 valence electrons. The monoisotopic (exact) mass is 170 g/mol. The Morgan fingerprint density at radius 2 is 1.67 bits per heavy atom. The molecule has 0 bridgehead atoms. The Kier molecular flexibility index (Phi) is 3.98.